The zero-order valence-corrected chi connectivity index (χ0v) is 13.8. The number of alkyl carbamates (subject to hydrolysis) is 1. The molecule has 1 saturated heterocycles. The number of hydrogen-bond donors (Lipinski definition) is 1. The van der Waals surface area contributed by atoms with Gasteiger partial charge in [0.25, 0.3) is 0 Å². The van der Waals surface area contributed by atoms with E-state index in [2.05, 4.69) is 21.3 Å². The summed E-state index contributed by atoms with van der Waals surface area (Å²) in [7, 11) is 0. The first-order valence-electron chi connectivity index (χ1n) is 8.05. The number of aromatic nitrogens is 1. The van der Waals surface area contributed by atoms with E-state index in [0.717, 1.165) is 38.2 Å². The standard InChI is InChI=1S/C17H27N3O2/c1-17(2,3)19-16(21)22-13-9-14-7-11-20(12-8-14)15-6-4-5-10-18-15/h4-6,10,14H,7-9,11-13H2,1-3H3,(H,19,21). The van der Waals surface area contributed by atoms with E-state index in [1.807, 2.05) is 39.1 Å². The summed E-state index contributed by atoms with van der Waals surface area (Å²) in [6.07, 6.45) is 4.71. The second-order valence-corrected chi connectivity index (χ2v) is 6.92. The Kier molecular flexibility index (Phi) is 5.63. The molecule has 0 spiro atoms. The first kappa shape index (κ1) is 16.6. The van der Waals surface area contributed by atoms with Crippen molar-refractivity contribution >= 4 is 11.9 Å². The molecule has 1 fully saturated rings. The van der Waals surface area contributed by atoms with Gasteiger partial charge in [0, 0.05) is 24.8 Å². The third-order valence-electron chi connectivity index (χ3n) is 3.82. The second-order valence-electron chi connectivity index (χ2n) is 6.92. The summed E-state index contributed by atoms with van der Waals surface area (Å²) < 4.78 is 5.26. The molecule has 1 amide bonds. The van der Waals surface area contributed by atoms with E-state index in [-0.39, 0.29) is 11.6 Å². The molecule has 0 saturated carbocycles. The van der Waals surface area contributed by atoms with Crippen molar-refractivity contribution in [1.82, 2.24) is 10.3 Å². The van der Waals surface area contributed by atoms with E-state index in [0.29, 0.717) is 12.5 Å². The minimum atomic E-state index is -0.321. The number of nitrogens with one attached hydrogen (secondary N) is 1. The van der Waals surface area contributed by atoms with E-state index >= 15 is 0 Å². The summed E-state index contributed by atoms with van der Waals surface area (Å²) in [6.45, 7) is 8.38. The number of amides is 1. The molecule has 1 aliphatic rings. The molecule has 1 aliphatic heterocycles. The van der Waals surface area contributed by atoms with Gasteiger partial charge in [-0.2, -0.15) is 0 Å². The number of piperidine rings is 1. The Hall–Kier alpha value is -1.78. The van der Waals surface area contributed by atoms with E-state index in [9.17, 15) is 4.79 Å². The highest BCUT2D eigenvalue weighted by Gasteiger charge is 2.20. The van der Waals surface area contributed by atoms with Crippen molar-refractivity contribution in [3.05, 3.63) is 24.4 Å². The van der Waals surface area contributed by atoms with Crippen LogP contribution in [0.1, 0.15) is 40.0 Å². The number of nitrogens with zero attached hydrogens (tertiary/aromatic N) is 2. The fourth-order valence-corrected chi connectivity index (χ4v) is 2.65. The van der Waals surface area contributed by atoms with Gasteiger partial charge in [0.1, 0.15) is 5.82 Å². The number of hydrogen-bond acceptors (Lipinski definition) is 4. The van der Waals surface area contributed by atoms with Gasteiger partial charge in [0.2, 0.25) is 0 Å². The van der Waals surface area contributed by atoms with Gasteiger partial charge < -0.3 is 15.0 Å². The topological polar surface area (TPSA) is 54.5 Å². The van der Waals surface area contributed by atoms with Crippen molar-refractivity contribution in [2.75, 3.05) is 24.6 Å². The third kappa shape index (κ3) is 5.54. The van der Waals surface area contributed by atoms with Gasteiger partial charge in [-0.15, -0.1) is 0 Å². The van der Waals surface area contributed by atoms with Crippen LogP contribution in [0.3, 0.4) is 0 Å². The van der Waals surface area contributed by atoms with Crippen LogP contribution in [0.2, 0.25) is 0 Å². The molecule has 2 heterocycles. The Morgan fingerprint density at radius 3 is 2.68 bits per heavy atom. The van der Waals surface area contributed by atoms with Crippen LogP contribution in [0, 0.1) is 5.92 Å². The maximum atomic E-state index is 11.6. The fourth-order valence-electron chi connectivity index (χ4n) is 2.65. The molecule has 22 heavy (non-hydrogen) atoms. The maximum absolute atomic E-state index is 11.6. The largest absolute Gasteiger partial charge is 0.450 e. The Morgan fingerprint density at radius 1 is 1.36 bits per heavy atom. The van der Waals surface area contributed by atoms with Crippen LogP contribution in [0.15, 0.2) is 24.4 Å². The molecule has 5 nitrogen and oxygen atoms in total. The Morgan fingerprint density at radius 2 is 2.09 bits per heavy atom. The van der Waals surface area contributed by atoms with Gasteiger partial charge >= 0.3 is 6.09 Å². The van der Waals surface area contributed by atoms with Crippen LogP contribution in [0.4, 0.5) is 10.6 Å². The predicted octanol–water partition coefficient (Wildman–Crippen LogP) is 3.21. The highest BCUT2D eigenvalue weighted by Crippen LogP contribution is 2.23. The van der Waals surface area contributed by atoms with E-state index in [1.54, 1.807) is 0 Å². The van der Waals surface area contributed by atoms with Gasteiger partial charge in [0.15, 0.2) is 0 Å². The minimum Gasteiger partial charge on any atom is -0.450 e. The van der Waals surface area contributed by atoms with Crippen LogP contribution in [0.5, 0.6) is 0 Å². The molecule has 122 valence electrons. The Bertz CT molecular complexity index is 463. The fraction of sp³-hybridized carbons (Fsp3) is 0.647. The SMILES string of the molecule is CC(C)(C)NC(=O)OCCC1CCN(c2ccccn2)CC1. The molecular weight excluding hydrogens is 278 g/mol. The van der Waals surface area contributed by atoms with Crippen molar-refractivity contribution in [2.45, 2.75) is 45.6 Å². The van der Waals surface area contributed by atoms with Gasteiger partial charge in [0.05, 0.1) is 6.61 Å². The quantitative estimate of drug-likeness (QED) is 0.928. The molecule has 0 aliphatic carbocycles. The van der Waals surface area contributed by atoms with Gasteiger partial charge in [-0.25, -0.2) is 9.78 Å². The summed E-state index contributed by atoms with van der Waals surface area (Å²) >= 11 is 0. The normalized spacial score (nSPS) is 16.4. The van der Waals surface area contributed by atoms with Crippen LogP contribution in [0.25, 0.3) is 0 Å². The summed E-state index contributed by atoms with van der Waals surface area (Å²) in [5.74, 6) is 1.68. The van der Waals surface area contributed by atoms with E-state index in [1.165, 1.54) is 0 Å². The molecule has 1 aromatic heterocycles. The summed E-state index contributed by atoms with van der Waals surface area (Å²) in [5, 5.41) is 2.81. The lowest BCUT2D eigenvalue weighted by atomic mass is 9.94. The van der Waals surface area contributed by atoms with Crippen molar-refractivity contribution < 1.29 is 9.53 Å². The third-order valence-corrected chi connectivity index (χ3v) is 3.82. The van der Waals surface area contributed by atoms with Crippen LogP contribution < -0.4 is 10.2 Å². The lowest BCUT2D eigenvalue weighted by Crippen LogP contribution is -2.41. The summed E-state index contributed by atoms with van der Waals surface area (Å²) in [6, 6.07) is 6.02. The lowest BCUT2D eigenvalue weighted by Gasteiger charge is -2.32. The monoisotopic (exact) mass is 305 g/mol. The highest BCUT2D eigenvalue weighted by atomic mass is 16.5. The molecule has 1 aromatic rings. The maximum Gasteiger partial charge on any atom is 0.407 e. The average molecular weight is 305 g/mol. The van der Waals surface area contributed by atoms with E-state index < -0.39 is 0 Å². The van der Waals surface area contributed by atoms with E-state index in [4.69, 9.17) is 4.74 Å². The number of carbonyl (C=O) groups is 1. The van der Waals surface area contributed by atoms with Crippen molar-refractivity contribution in [3.8, 4) is 0 Å². The smallest absolute Gasteiger partial charge is 0.407 e. The number of pyridine rings is 1. The average Bonchev–Trinajstić information content (AvgIpc) is 2.47. The van der Waals surface area contributed by atoms with Crippen LogP contribution >= 0.6 is 0 Å². The molecule has 0 aromatic carbocycles. The van der Waals surface area contributed by atoms with Crippen molar-refractivity contribution in [1.29, 1.82) is 0 Å². The van der Waals surface area contributed by atoms with Gasteiger partial charge in [-0.05, 0) is 58.1 Å². The molecule has 5 heteroatoms. The number of rotatable bonds is 4. The lowest BCUT2D eigenvalue weighted by molar-refractivity contribution is 0.128. The number of anilines is 1. The van der Waals surface area contributed by atoms with Crippen LogP contribution in [-0.2, 0) is 4.74 Å². The predicted molar refractivity (Wildman–Crippen MR) is 88.0 cm³/mol. The zero-order valence-electron chi connectivity index (χ0n) is 13.8. The summed E-state index contributed by atoms with van der Waals surface area (Å²) in [5.41, 5.74) is -0.245. The highest BCUT2D eigenvalue weighted by molar-refractivity contribution is 5.67. The van der Waals surface area contributed by atoms with Gasteiger partial charge in [-0.3, -0.25) is 0 Å². The Labute approximate surface area is 133 Å². The molecule has 0 unspecified atom stereocenters. The molecular formula is C17H27N3O2. The first-order chi connectivity index (χ1) is 10.4. The van der Waals surface area contributed by atoms with Crippen LogP contribution in [-0.4, -0.2) is 36.3 Å². The Balaban J connectivity index is 1.65. The van der Waals surface area contributed by atoms with Crippen molar-refractivity contribution in [3.63, 3.8) is 0 Å². The number of carbonyl (C=O) groups excluding carboxylic acids is 1. The zero-order chi connectivity index (χ0) is 16.0. The summed E-state index contributed by atoms with van der Waals surface area (Å²) in [4.78, 5) is 18.3. The number of ether oxygens (including phenoxy) is 1. The molecule has 1 N–H and O–H groups in total. The first-order valence-corrected chi connectivity index (χ1v) is 8.05. The van der Waals surface area contributed by atoms with Gasteiger partial charge in [-0.1, -0.05) is 6.07 Å². The van der Waals surface area contributed by atoms with Crippen molar-refractivity contribution in [2.24, 2.45) is 5.92 Å². The molecule has 0 radical (unpaired) electrons. The molecule has 0 bridgehead atoms. The minimum absolute atomic E-state index is 0.245. The second kappa shape index (κ2) is 7.47. The molecule has 0 atom stereocenters. The molecule has 2 rings (SSSR count).